The average molecular weight is 412 g/mol. The van der Waals surface area contributed by atoms with Crippen LogP contribution in [-0.4, -0.2) is 28.8 Å². The SMILES string of the molecule is COc1ccc2cc3c(c(-c4ccc(F)cc4)c2c1)C(=O)N(Cc1ccncc1)C3=O. The van der Waals surface area contributed by atoms with Crippen LogP contribution in [0.3, 0.4) is 0 Å². The van der Waals surface area contributed by atoms with Gasteiger partial charge >= 0.3 is 0 Å². The van der Waals surface area contributed by atoms with Gasteiger partial charge in [0.15, 0.2) is 0 Å². The Kier molecular flexibility index (Phi) is 4.47. The number of benzene rings is 3. The molecule has 0 saturated carbocycles. The molecule has 31 heavy (non-hydrogen) atoms. The molecule has 5 rings (SSSR count). The van der Waals surface area contributed by atoms with Crippen LogP contribution in [-0.2, 0) is 6.54 Å². The summed E-state index contributed by atoms with van der Waals surface area (Å²) in [5, 5.41) is 1.56. The van der Waals surface area contributed by atoms with E-state index in [4.69, 9.17) is 4.74 Å². The van der Waals surface area contributed by atoms with E-state index in [1.807, 2.05) is 12.1 Å². The molecule has 2 amide bonds. The van der Waals surface area contributed by atoms with Crippen LogP contribution in [0.5, 0.6) is 5.75 Å². The maximum atomic E-state index is 13.6. The van der Waals surface area contributed by atoms with E-state index in [9.17, 15) is 14.0 Å². The van der Waals surface area contributed by atoms with Crippen molar-refractivity contribution in [2.45, 2.75) is 6.54 Å². The minimum Gasteiger partial charge on any atom is -0.497 e. The Labute approximate surface area is 177 Å². The van der Waals surface area contributed by atoms with Gasteiger partial charge in [-0.05, 0) is 64.4 Å². The van der Waals surface area contributed by atoms with Crippen LogP contribution in [0, 0.1) is 5.82 Å². The number of ether oxygens (including phenoxy) is 1. The van der Waals surface area contributed by atoms with E-state index in [0.29, 0.717) is 28.0 Å². The van der Waals surface area contributed by atoms with Crippen molar-refractivity contribution in [3.8, 4) is 16.9 Å². The minimum atomic E-state index is -0.375. The van der Waals surface area contributed by atoms with Gasteiger partial charge in [0.2, 0.25) is 0 Å². The molecule has 0 aliphatic carbocycles. The van der Waals surface area contributed by atoms with E-state index in [1.165, 1.54) is 17.0 Å². The topological polar surface area (TPSA) is 59.5 Å². The normalized spacial score (nSPS) is 13.0. The molecule has 0 bridgehead atoms. The standard InChI is InChI=1S/C25H17FN2O3/c1-31-19-7-4-17-12-21-23(22(20(17)13-19)16-2-5-18(26)6-3-16)25(30)28(24(21)29)14-15-8-10-27-11-9-15/h2-13H,14H2,1H3. The van der Waals surface area contributed by atoms with Gasteiger partial charge in [0.05, 0.1) is 24.8 Å². The predicted octanol–water partition coefficient (Wildman–Crippen LogP) is 4.85. The molecule has 1 aromatic heterocycles. The molecule has 1 aliphatic heterocycles. The first-order valence-electron chi connectivity index (χ1n) is 9.72. The van der Waals surface area contributed by atoms with Crippen molar-refractivity contribution in [2.75, 3.05) is 7.11 Å². The molecule has 0 unspecified atom stereocenters. The number of fused-ring (bicyclic) bond motifs is 2. The second-order valence-corrected chi connectivity index (χ2v) is 7.32. The third-order valence-electron chi connectivity index (χ3n) is 5.51. The molecular weight excluding hydrogens is 395 g/mol. The fourth-order valence-corrected chi connectivity index (χ4v) is 4.00. The Morgan fingerprint density at radius 2 is 1.65 bits per heavy atom. The lowest BCUT2D eigenvalue weighted by Crippen LogP contribution is -2.29. The van der Waals surface area contributed by atoms with E-state index < -0.39 is 0 Å². The maximum absolute atomic E-state index is 13.6. The van der Waals surface area contributed by atoms with Gasteiger partial charge < -0.3 is 4.74 Å². The summed E-state index contributed by atoms with van der Waals surface area (Å²) >= 11 is 0. The molecule has 0 spiro atoms. The summed E-state index contributed by atoms with van der Waals surface area (Å²) in [4.78, 5) is 31.9. The van der Waals surface area contributed by atoms with E-state index in [0.717, 1.165) is 16.3 Å². The molecule has 0 saturated heterocycles. The number of hydrogen-bond donors (Lipinski definition) is 0. The molecule has 3 aromatic carbocycles. The van der Waals surface area contributed by atoms with Crippen LogP contribution in [0.15, 0.2) is 73.1 Å². The highest BCUT2D eigenvalue weighted by atomic mass is 19.1. The van der Waals surface area contributed by atoms with Gasteiger partial charge in [0.25, 0.3) is 11.8 Å². The number of carbonyl (C=O) groups excluding carboxylic acids is 2. The summed E-state index contributed by atoms with van der Waals surface area (Å²) in [6, 6.07) is 16.7. The number of halogens is 1. The molecule has 5 nitrogen and oxygen atoms in total. The van der Waals surface area contributed by atoms with Gasteiger partial charge in [-0.3, -0.25) is 19.5 Å². The molecule has 6 heteroatoms. The van der Waals surface area contributed by atoms with Crippen LogP contribution in [0.25, 0.3) is 21.9 Å². The summed E-state index contributed by atoms with van der Waals surface area (Å²) in [7, 11) is 1.57. The van der Waals surface area contributed by atoms with Crippen LogP contribution in [0.1, 0.15) is 26.3 Å². The first-order chi connectivity index (χ1) is 15.1. The fourth-order valence-electron chi connectivity index (χ4n) is 4.00. The van der Waals surface area contributed by atoms with Gasteiger partial charge in [-0.2, -0.15) is 0 Å². The molecule has 152 valence electrons. The molecule has 0 atom stereocenters. The highest BCUT2D eigenvalue weighted by molar-refractivity contribution is 6.27. The van der Waals surface area contributed by atoms with Crippen molar-refractivity contribution in [1.29, 1.82) is 0 Å². The first kappa shape index (κ1) is 18.9. The fraction of sp³-hybridized carbons (Fsp3) is 0.0800. The summed E-state index contributed by atoms with van der Waals surface area (Å²) < 4.78 is 19.0. The molecular formula is C25H17FN2O3. The van der Waals surface area contributed by atoms with Crippen molar-refractivity contribution in [3.63, 3.8) is 0 Å². The molecule has 0 N–H and O–H groups in total. The lowest BCUT2D eigenvalue weighted by molar-refractivity contribution is 0.0642. The number of nitrogens with zero attached hydrogens (tertiary/aromatic N) is 2. The summed E-state index contributed by atoms with van der Waals surface area (Å²) in [6.45, 7) is 0.150. The zero-order chi connectivity index (χ0) is 21.5. The largest absolute Gasteiger partial charge is 0.497 e. The Morgan fingerprint density at radius 1 is 0.903 bits per heavy atom. The second-order valence-electron chi connectivity index (χ2n) is 7.32. The smallest absolute Gasteiger partial charge is 0.262 e. The van der Waals surface area contributed by atoms with Crippen LogP contribution in [0.4, 0.5) is 4.39 Å². The lowest BCUT2D eigenvalue weighted by atomic mass is 9.90. The second kappa shape index (κ2) is 7.32. The van der Waals surface area contributed by atoms with Crippen molar-refractivity contribution in [1.82, 2.24) is 9.88 Å². The number of methoxy groups -OCH3 is 1. The number of pyridine rings is 1. The molecule has 0 fully saturated rings. The maximum Gasteiger partial charge on any atom is 0.262 e. The number of carbonyl (C=O) groups is 2. The van der Waals surface area contributed by atoms with Gasteiger partial charge in [-0.25, -0.2) is 4.39 Å². The van der Waals surface area contributed by atoms with Crippen LogP contribution in [0.2, 0.25) is 0 Å². The average Bonchev–Trinajstić information content (AvgIpc) is 3.03. The first-order valence-corrected chi connectivity index (χ1v) is 9.72. The van der Waals surface area contributed by atoms with E-state index in [2.05, 4.69) is 4.98 Å². The molecule has 1 aliphatic rings. The quantitative estimate of drug-likeness (QED) is 0.450. The lowest BCUT2D eigenvalue weighted by Gasteiger charge is -2.14. The highest BCUT2D eigenvalue weighted by Gasteiger charge is 2.38. The minimum absolute atomic E-state index is 0.150. The van der Waals surface area contributed by atoms with Crippen LogP contribution >= 0.6 is 0 Å². The van der Waals surface area contributed by atoms with Gasteiger partial charge in [0.1, 0.15) is 11.6 Å². The Morgan fingerprint density at radius 3 is 2.35 bits per heavy atom. The summed E-state index contributed by atoms with van der Waals surface area (Å²) in [5.41, 5.74) is 2.73. The van der Waals surface area contributed by atoms with Crippen LogP contribution < -0.4 is 4.74 Å². The summed E-state index contributed by atoms with van der Waals surface area (Å²) in [5.74, 6) is -0.472. The summed E-state index contributed by atoms with van der Waals surface area (Å²) in [6.07, 6.45) is 3.25. The number of aromatic nitrogens is 1. The monoisotopic (exact) mass is 412 g/mol. The Balaban J connectivity index is 1.74. The molecule has 2 heterocycles. The number of hydrogen-bond acceptors (Lipinski definition) is 4. The van der Waals surface area contributed by atoms with Gasteiger partial charge in [0, 0.05) is 18.0 Å². The number of rotatable bonds is 4. The number of imide groups is 1. The molecule has 0 radical (unpaired) electrons. The van der Waals surface area contributed by atoms with Crippen molar-refractivity contribution < 1.29 is 18.7 Å². The molecule has 4 aromatic rings. The Bertz CT molecular complexity index is 1330. The van der Waals surface area contributed by atoms with E-state index in [1.54, 1.807) is 55.9 Å². The zero-order valence-corrected chi connectivity index (χ0v) is 16.6. The third kappa shape index (κ3) is 3.13. The van der Waals surface area contributed by atoms with Gasteiger partial charge in [-0.15, -0.1) is 0 Å². The Hall–Kier alpha value is -4.06. The van der Waals surface area contributed by atoms with Crippen molar-refractivity contribution in [2.24, 2.45) is 0 Å². The van der Waals surface area contributed by atoms with Crippen molar-refractivity contribution >= 4 is 22.6 Å². The highest BCUT2D eigenvalue weighted by Crippen LogP contribution is 2.40. The van der Waals surface area contributed by atoms with Crippen molar-refractivity contribution in [3.05, 3.63) is 95.6 Å². The zero-order valence-electron chi connectivity index (χ0n) is 16.6. The van der Waals surface area contributed by atoms with Gasteiger partial charge in [-0.1, -0.05) is 18.2 Å². The van der Waals surface area contributed by atoms with E-state index in [-0.39, 0.29) is 24.2 Å². The van der Waals surface area contributed by atoms with E-state index >= 15 is 0 Å². The number of amides is 2. The third-order valence-corrected chi connectivity index (χ3v) is 5.51. The predicted molar refractivity (Wildman–Crippen MR) is 114 cm³/mol.